The van der Waals surface area contributed by atoms with Gasteiger partial charge in [0.1, 0.15) is 10.6 Å². The summed E-state index contributed by atoms with van der Waals surface area (Å²) in [5.74, 6) is -0.506. The molecule has 0 saturated carbocycles. The Balaban J connectivity index is 1.92. The molecule has 23 heavy (non-hydrogen) atoms. The van der Waals surface area contributed by atoms with Crippen LogP contribution in [0.1, 0.15) is 45.5 Å². The van der Waals surface area contributed by atoms with Crippen LogP contribution in [-0.4, -0.2) is 45.8 Å². The largest absolute Gasteiger partial charge is 0.460 e. The Kier molecular flexibility index (Phi) is 5.56. The van der Waals surface area contributed by atoms with Crippen LogP contribution in [0, 0.1) is 5.92 Å². The zero-order chi connectivity index (χ0) is 17.0. The monoisotopic (exact) mass is 340 g/mol. The molecule has 0 spiro atoms. The number of aryl methyl sites for hydroxylation is 1. The summed E-state index contributed by atoms with van der Waals surface area (Å²) in [4.78, 5) is 26.1. The number of carbonyl (C=O) groups excluding carboxylic acids is 2. The maximum Gasteiger partial charge on any atom is 0.323 e. The van der Waals surface area contributed by atoms with Crippen LogP contribution in [0.15, 0.2) is 0 Å². The molecule has 1 fully saturated rings. The topological polar surface area (TPSA) is 84.4 Å². The molecule has 2 heterocycles. The molecule has 0 aromatic carbocycles. The van der Waals surface area contributed by atoms with Crippen LogP contribution in [0.2, 0.25) is 0 Å². The van der Waals surface area contributed by atoms with Crippen LogP contribution >= 0.6 is 11.3 Å². The van der Waals surface area contributed by atoms with Crippen molar-refractivity contribution in [2.24, 2.45) is 5.92 Å². The molecule has 1 saturated heterocycles. The molecule has 0 aliphatic carbocycles. The maximum atomic E-state index is 12.3. The molecule has 2 amide bonds. The minimum atomic E-state index is -0.509. The second kappa shape index (κ2) is 7.25. The number of hydrogen-bond acceptors (Lipinski definition) is 6. The van der Waals surface area contributed by atoms with Crippen molar-refractivity contribution < 1.29 is 14.3 Å². The Morgan fingerprint density at radius 1 is 1.39 bits per heavy atom. The van der Waals surface area contributed by atoms with Gasteiger partial charge in [-0.1, -0.05) is 18.3 Å². The number of piperidine rings is 1. The van der Waals surface area contributed by atoms with E-state index < -0.39 is 5.60 Å². The quantitative estimate of drug-likeness (QED) is 0.855. The third kappa shape index (κ3) is 5.16. The number of anilines is 1. The van der Waals surface area contributed by atoms with Crippen molar-refractivity contribution in [2.75, 3.05) is 18.4 Å². The van der Waals surface area contributed by atoms with E-state index in [1.54, 1.807) is 4.90 Å². The first-order chi connectivity index (χ1) is 10.8. The lowest BCUT2D eigenvalue weighted by Gasteiger charge is -2.32. The Morgan fingerprint density at radius 3 is 2.74 bits per heavy atom. The summed E-state index contributed by atoms with van der Waals surface area (Å²) in [5.41, 5.74) is -0.509. The summed E-state index contributed by atoms with van der Waals surface area (Å²) in [6.07, 6.45) is 2.32. The second-order valence-corrected chi connectivity index (χ2v) is 7.67. The van der Waals surface area contributed by atoms with Gasteiger partial charge in [-0.25, -0.2) is 4.79 Å². The molecule has 8 heteroatoms. The number of carbonyl (C=O) groups is 2. The van der Waals surface area contributed by atoms with Crippen molar-refractivity contribution in [2.45, 2.75) is 52.6 Å². The van der Waals surface area contributed by atoms with Gasteiger partial charge in [0.25, 0.3) is 0 Å². The normalized spacial score (nSPS) is 18.6. The molecule has 7 nitrogen and oxygen atoms in total. The number of rotatable bonds is 3. The summed E-state index contributed by atoms with van der Waals surface area (Å²) < 4.78 is 5.42. The van der Waals surface area contributed by atoms with Crippen molar-refractivity contribution in [3.8, 4) is 0 Å². The van der Waals surface area contributed by atoms with Crippen molar-refractivity contribution in [1.82, 2.24) is 15.1 Å². The van der Waals surface area contributed by atoms with Crippen LogP contribution in [0.25, 0.3) is 0 Å². The van der Waals surface area contributed by atoms with E-state index in [0.717, 1.165) is 24.3 Å². The van der Waals surface area contributed by atoms with Gasteiger partial charge in [0.2, 0.25) is 5.13 Å². The fourth-order valence-electron chi connectivity index (χ4n) is 2.36. The number of amides is 2. The molecule has 1 aliphatic heterocycles. The third-order valence-electron chi connectivity index (χ3n) is 3.43. The Labute approximate surface area is 140 Å². The molecule has 128 valence electrons. The van der Waals surface area contributed by atoms with Gasteiger partial charge >= 0.3 is 12.0 Å². The molecule has 1 aliphatic rings. The molecular weight excluding hydrogens is 316 g/mol. The third-order valence-corrected chi connectivity index (χ3v) is 4.41. The lowest BCUT2D eigenvalue weighted by Crippen LogP contribution is -2.45. The predicted molar refractivity (Wildman–Crippen MR) is 88.4 cm³/mol. The van der Waals surface area contributed by atoms with E-state index in [1.807, 2.05) is 27.7 Å². The molecule has 1 N–H and O–H groups in total. The number of nitrogens with one attached hydrogen (secondary N) is 1. The van der Waals surface area contributed by atoms with Gasteiger partial charge < -0.3 is 9.64 Å². The molecule has 1 unspecified atom stereocenters. The average Bonchev–Trinajstić information content (AvgIpc) is 2.93. The average molecular weight is 340 g/mol. The molecular formula is C15H24N4O3S. The number of likely N-dealkylation sites (tertiary alicyclic amines) is 1. The van der Waals surface area contributed by atoms with Gasteiger partial charge in [-0.15, -0.1) is 10.2 Å². The second-order valence-electron chi connectivity index (χ2n) is 6.60. The Hall–Kier alpha value is -1.70. The number of esters is 1. The van der Waals surface area contributed by atoms with E-state index in [0.29, 0.717) is 18.2 Å². The minimum absolute atomic E-state index is 0.237. The van der Waals surface area contributed by atoms with E-state index >= 15 is 0 Å². The summed E-state index contributed by atoms with van der Waals surface area (Å²) >= 11 is 1.37. The first-order valence-electron chi connectivity index (χ1n) is 7.89. The van der Waals surface area contributed by atoms with Gasteiger partial charge in [0.15, 0.2) is 0 Å². The molecule has 1 atom stereocenters. The number of aromatic nitrogens is 2. The molecule has 0 radical (unpaired) electrons. The fraction of sp³-hybridized carbons (Fsp3) is 0.733. The van der Waals surface area contributed by atoms with Crippen molar-refractivity contribution in [1.29, 1.82) is 0 Å². The zero-order valence-electron chi connectivity index (χ0n) is 14.1. The molecule has 2 rings (SSSR count). The van der Waals surface area contributed by atoms with E-state index in [4.69, 9.17) is 4.74 Å². The number of ether oxygens (including phenoxy) is 1. The summed E-state index contributed by atoms with van der Waals surface area (Å²) in [6, 6.07) is -0.239. The zero-order valence-corrected chi connectivity index (χ0v) is 14.9. The highest BCUT2D eigenvalue weighted by atomic mass is 32.1. The standard InChI is InChI=1S/C15H24N4O3S/c1-5-11-17-18-13(23-11)16-14(21)19-8-6-7-10(9-19)12(20)22-15(2,3)4/h10H,5-9H2,1-4H3,(H,16,18,21). The highest BCUT2D eigenvalue weighted by Gasteiger charge is 2.31. The van der Waals surface area contributed by atoms with E-state index in [-0.39, 0.29) is 17.9 Å². The molecule has 0 bridgehead atoms. The van der Waals surface area contributed by atoms with Crippen LogP contribution in [0.4, 0.5) is 9.93 Å². The SMILES string of the molecule is CCc1nnc(NC(=O)N2CCCC(C(=O)OC(C)(C)C)C2)s1. The van der Waals surface area contributed by atoms with E-state index in [2.05, 4.69) is 15.5 Å². The van der Waals surface area contributed by atoms with Crippen LogP contribution in [0.3, 0.4) is 0 Å². The summed E-state index contributed by atoms with van der Waals surface area (Å²) in [6.45, 7) is 8.53. The smallest absolute Gasteiger partial charge is 0.323 e. The van der Waals surface area contributed by atoms with Crippen LogP contribution < -0.4 is 5.32 Å². The first-order valence-corrected chi connectivity index (χ1v) is 8.71. The highest BCUT2D eigenvalue weighted by molar-refractivity contribution is 7.15. The predicted octanol–water partition coefficient (Wildman–Crippen LogP) is 2.69. The maximum absolute atomic E-state index is 12.3. The highest BCUT2D eigenvalue weighted by Crippen LogP contribution is 2.22. The van der Waals surface area contributed by atoms with E-state index in [1.165, 1.54) is 11.3 Å². The van der Waals surface area contributed by atoms with Crippen LogP contribution in [0.5, 0.6) is 0 Å². The summed E-state index contributed by atoms with van der Waals surface area (Å²) in [7, 11) is 0. The van der Waals surface area contributed by atoms with Crippen molar-refractivity contribution in [3.05, 3.63) is 5.01 Å². The Morgan fingerprint density at radius 2 is 2.13 bits per heavy atom. The summed E-state index contributed by atoms with van der Waals surface area (Å²) in [5, 5.41) is 12.0. The van der Waals surface area contributed by atoms with Crippen molar-refractivity contribution >= 4 is 28.5 Å². The molecule has 1 aromatic rings. The van der Waals surface area contributed by atoms with Gasteiger partial charge in [0, 0.05) is 13.1 Å². The van der Waals surface area contributed by atoms with Gasteiger partial charge in [-0.2, -0.15) is 0 Å². The van der Waals surface area contributed by atoms with Gasteiger partial charge in [-0.05, 0) is 40.0 Å². The number of hydrogen-bond donors (Lipinski definition) is 1. The van der Waals surface area contributed by atoms with Crippen LogP contribution in [-0.2, 0) is 16.0 Å². The molecule has 1 aromatic heterocycles. The van der Waals surface area contributed by atoms with E-state index in [9.17, 15) is 9.59 Å². The lowest BCUT2D eigenvalue weighted by molar-refractivity contribution is -0.161. The van der Waals surface area contributed by atoms with Crippen molar-refractivity contribution in [3.63, 3.8) is 0 Å². The lowest BCUT2D eigenvalue weighted by atomic mass is 9.98. The van der Waals surface area contributed by atoms with Gasteiger partial charge in [-0.3, -0.25) is 10.1 Å². The number of urea groups is 1. The minimum Gasteiger partial charge on any atom is -0.460 e. The Bertz CT molecular complexity index is 567. The number of nitrogens with zero attached hydrogens (tertiary/aromatic N) is 3. The fourth-order valence-corrected chi connectivity index (χ4v) is 3.03. The van der Waals surface area contributed by atoms with Gasteiger partial charge in [0.05, 0.1) is 5.92 Å². The first kappa shape index (κ1) is 17.7.